The number of benzene rings is 1. The fourth-order valence-electron chi connectivity index (χ4n) is 6.96. The Hall–Kier alpha value is -1.39. The van der Waals surface area contributed by atoms with Crippen molar-refractivity contribution in [1.29, 1.82) is 0 Å². The molecule has 1 aromatic rings. The molecule has 0 spiro atoms. The summed E-state index contributed by atoms with van der Waals surface area (Å²) in [4.78, 5) is 14.6. The smallest absolute Gasteiger partial charge is 0.253 e. The number of carbonyl (C=O) groups excluding carboxylic acids is 1. The lowest BCUT2D eigenvalue weighted by atomic mass is 9.53. The van der Waals surface area contributed by atoms with Gasteiger partial charge in [-0.25, -0.2) is 0 Å². The lowest BCUT2D eigenvalue weighted by Crippen LogP contribution is -2.60. The van der Waals surface area contributed by atoms with E-state index in [0.29, 0.717) is 11.5 Å². The largest absolute Gasteiger partial charge is 0.339 e. The molecular formula is C24H35N3O. The van der Waals surface area contributed by atoms with Gasteiger partial charge in [-0.2, -0.15) is 0 Å². The molecule has 1 amide bonds. The van der Waals surface area contributed by atoms with Crippen molar-refractivity contribution in [2.75, 3.05) is 26.3 Å². The second-order valence-electron chi connectivity index (χ2n) is 10.1. The molecule has 4 bridgehead atoms. The zero-order valence-corrected chi connectivity index (χ0v) is 17.0. The summed E-state index contributed by atoms with van der Waals surface area (Å²) in [6.45, 7) is 3.81. The topological polar surface area (TPSA) is 44.4 Å². The summed E-state index contributed by atoms with van der Waals surface area (Å²) in [5.41, 5.74) is 1.27. The summed E-state index contributed by atoms with van der Waals surface area (Å²) in [6, 6.07) is 9.70. The van der Waals surface area contributed by atoms with Gasteiger partial charge in [-0.05, 0) is 93.7 Å². The second kappa shape index (κ2) is 7.79. The zero-order chi connectivity index (χ0) is 19.0. The predicted octanol–water partition coefficient (Wildman–Crippen LogP) is 3.64. The van der Waals surface area contributed by atoms with E-state index in [2.05, 4.69) is 10.6 Å². The molecule has 0 unspecified atom stereocenters. The molecule has 4 aliphatic carbocycles. The summed E-state index contributed by atoms with van der Waals surface area (Å²) in [5.74, 6) is 3.90. The number of likely N-dealkylation sites (tertiary alicyclic amines) is 1. The first-order valence-corrected chi connectivity index (χ1v) is 11.5. The minimum absolute atomic E-state index is 0.190. The van der Waals surface area contributed by atoms with Gasteiger partial charge in [-0.3, -0.25) is 10.1 Å². The Morgan fingerprint density at radius 2 is 1.57 bits per heavy atom. The summed E-state index contributed by atoms with van der Waals surface area (Å²) in [5, 5.41) is 7.63. The molecule has 1 saturated heterocycles. The first-order chi connectivity index (χ1) is 13.7. The Labute approximate surface area is 169 Å². The van der Waals surface area contributed by atoms with Crippen LogP contribution in [-0.2, 0) is 0 Å². The SMILES string of the molecule is O=C(c1ccccc1)N1CCC(CNCNC23CC4CC(CC(C4)C2)C3)CC1. The second-order valence-corrected chi connectivity index (χ2v) is 10.1. The standard InChI is InChI=1S/C24H35N3O/c28-23(22-4-2-1-3-5-22)27-8-6-18(7-9-27)16-25-17-26-24-13-19-10-20(14-24)12-21(11-19)15-24/h1-5,18-21,25-26H,6-17H2. The Bertz CT molecular complexity index is 645. The number of rotatable bonds is 6. The van der Waals surface area contributed by atoms with Crippen molar-refractivity contribution in [3.05, 3.63) is 35.9 Å². The third kappa shape index (κ3) is 3.86. The minimum Gasteiger partial charge on any atom is -0.339 e. The van der Waals surface area contributed by atoms with Gasteiger partial charge < -0.3 is 10.2 Å². The molecule has 5 fully saturated rings. The quantitative estimate of drug-likeness (QED) is 0.584. The van der Waals surface area contributed by atoms with Gasteiger partial charge in [0.25, 0.3) is 5.91 Å². The molecule has 1 aliphatic heterocycles. The van der Waals surface area contributed by atoms with Gasteiger partial charge in [0.1, 0.15) is 0 Å². The van der Waals surface area contributed by atoms with Crippen LogP contribution in [0.3, 0.4) is 0 Å². The van der Waals surface area contributed by atoms with E-state index in [1.165, 1.54) is 38.5 Å². The molecule has 1 heterocycles. The van der Waals surface area contributed by atoms with E-state index in [0.717, 1.165) is 62.5 Å². The maximum absolute atomic E-state index is 12.6. The highest BCUT2D eigenvalue weighted by Crippen LogP contribution is 2.55. The molecule has 4 heteroatoms. The molecular weight excluding hydrogens is 346 g/mol. The normalized spacial score (nSPS) is 34.7. The lowest BCUT2D eigenvalue weighted by Gasteiger charge is -2.57. The van der Waals surface area contributed by atoms with Gasteiger partial charge in [0, 0.05) is 30.9 Å². The minimum atomic E-state index is 0.190. The number of amides is 1. The van der Waals surface area contributed by atoms with E-state index in [4.69, 9.17) is 0 Å². The third-order valence-corrected chi connectivity index (χ3v) is 7.98. The van der Waals surface area contributed by atoms with Gasteiger partial charge in [0.2, 0.25) is 0 Å². The van der Waals surface area contributed by atoms with E-state index in [9.17, 15) is 4.79 Å². The number of nitrogens with zero attached hydrogens (tertiary/aromatic N) is 1. The Morgan fingerprint density at radius 1 is 0.964 bits per heavy atom. The first-order valence-electron chi connectivity index (χ1n) is 11.5. The van der Waals surface area contributed by atoms with Gasteiger partial charge in [-0.1, -0.05) is 18.2 Å². The Morgan fingerprint density at radius 3 is 2.18 bits per heavy atom. The number of hydrogen-bond donors (Lipinski definition) is 2. The van der Waals surface area contributed by atoms with Crippen molar-refractivity contribution in [3.63, 3.8) is 0 Å². The number of hydrogen-bond acceptors (Lipinski definition) is 3. The highest BCUT2D eigenvalue weighted by Gasteiger charge is 2.50. The van der Waals surface area contributed by atoms with Crippen molar-refractivity contribution >= 4 is 5.91 Å². The van der Waals surface area contributed by atoms with Crippen LogP contribution in [0.4, 0.5) is 0 Å². The van der Waals surface area contributed by atoms with Crippen LogP contribution in [0.5, 0.6) is 0 Å². The lowest BCUT2D eigenvalue weighted by molar-refractivity contribution is -0.0205. The van der Waals surface area contributed by atoms with Crippen LogP contribution in [0, 0.1) is 23.7 Å². The van der Waals surface area contributed by atoms with Crippen LogP contribution in [0.25, 0.3) is 0 Å². The molecule has 0 radical (unpaired) electrons. The highest BCUT2D eigenvalue weighted by molar-refractivity contribution is 5.94. The summed E-state index contributed by atoms with van der Waals surface area (Å²) in [6.07, 6.45) is 11.0. The molecule has 152 valence electrons. The first kappa shape index (κ1) is 18.6. The average Bonchev–Trinajstić information content (AvgIpc) is 2.71. The fourth-order valence-corrected chi connectivity index (χ4v) is 6.96. The maximum atomic E-state index is 12.6. The third-order valence-electron chi connectivity index (χ3n) is 7.98. The van der Waals surface area contributed by atoms with Crippen molar-refractivity contribution in [2.45, 2.75) is 56.9 Å². The molecule has 5 aliphatic rings. The number of piperidine rings is 1. The Kier molecular flexibility index (Phi) is 5.18. The summed E-state index contributed by atoms with van der Waals surface area (Å²) in [7, 11) is 0. The van der Waals surface area contributed by atoms with Crippen LogP contribution < -0.4 is 10.6 Å². The van der Waals surface area contributed by atoms with Crippen molar-refractivity contribution < 1.29 is 4.79 Å². The number of nitrogens with one attached hydrogen (secondary N) is 2. The fraction of sp³-hybridized carbons (Fsp3) is 0.708. The molecule has 2 N–H and O–H groups in total. The maximum Gasteiger partial charge on any atom is 0.253 e. The van der Waals surface area contributed by atoms with E-state index in [-0.39, 0.29) is 5.91 Å². The van der Waals surface area contributed by atoms with Crippen LogP contribution in [0.15, 0.2) is 30.3 Å². The van der Waals surface area contributed by atoms with Gasteiger partial charge in [-0.15, -0.1) is 0 Å². The van der Waals surface area contributed by atoms with Gasteiger partial charge in [0.05, 0.1) is 0 Å². The molecule has 4 nitrogen and oxygen atoms in total. The summed E-state index contributed by atoms with van der Waals surface area (Å²) >= 11 is 0. The Balaban J connectivity index is 1.03. The zero-order valence-electron chi connectivity index (χ0n) is 17.0. The number of carbonyl (C=O) groups is 1. The monoisotopic (exact) mass is 381 g/mol. The average molecular weight is 382 g/mol. The van der Waals surface area contributed by atoms with Crippen LogP contribution in [0.1, 0.15) is 61.7 Å². The van der Waals surface area contributed by atoms with Gasteiger partial charge in [0.15, 0.2) is 0 Å². The van der Waals surface area contributed by atoms with E-state index in [1.807, 2.05) is 35.2 Å². The predicted molar refractivity (Wildman–Crippen MR) is 112 cm³/mol. The van der Waals surface area contributed by atoms with E-state index in [1.54, 1.807) is 0 Å². The van der Waals surface area contributed by atoms with E-state index >= 15 is 0 Å². The van der Waals surface area contributed by atoms with Crippen molar-refractivity contribution in [1.82, 2.24) is 15.5 Å². The molecule has 4 saturated carbocycles. The van der Waals surface area contributed by atoms with Crippen LogP contribution in [-0.4, -0.2) is 42.6 Å². The van der Waals surface area contributed by atoms with Crippen LogP contribution >= 0.6 is 0 Å². The highest BCUT2D eigenvalue weighted by atomic mass is 16.2. The van der Waals surface area contributed by atoms with Gasteiger partial charge >= 0.3 is 0 Å². The molecule has 1 aromatic carbocycles. The molecule has 0 atom stereocenters. The molecule has 6 rings (SSSR count). The summed E-state index contributed by atoms with van der Waals surface area (Å²) < 4.78 is 0. The van der Waals surface area contributed by atoms with Crippen LogP contribution in [0.2, 0.25) is 0 Å². The molecule has 0 aromatic heterocycles. The van der Waals surface area contributed by atoms with Crippen molar-refractivity contribution in [2.24, 2.45) is 23.7 Å². The molecule has 28 heavy (non-hydrogen) atoms. The van der Waals surface area contributed by atoms with E-state index < -0.39 is 0 Å². The van der Waals surface area contributed by atoms with Crippen molar-refractivity contribution in [3.8, 4) is 0 Å².